The molecule has 140 valence electrons. The normalized spacial score (nSPS) is 22.6. The molecule has 0 saturated carbocycles. The highest BCUT2D eigenvalue weighted by Gasteiger charge is 2.29. The monoisotopic (exact) mass is 382 g/mol. The second-order valence-corrected chi connectivity index (χ2v) is 8.05. The van der Waals surface area contributed by atoms with Crippen LogP contribution >= 0.6 is 6.72 Å². The van der Waals surface area contributed by atoms with Crippen LogP contribution in [0, 0.1) is 0 Å². The van der Waals surface area contributed by atoms with Crippen LogP contribution in [0.2, 0.25) is 0 Å². The molecule has 0 radical (unpaired) electrons. The largest absolute Gasteiger partial charge is 0.362 e. The van der Waals surface area contributed by atoms with Gasteiger partial charge in [-0.25, -0.2) is 0 Å². The molecule has 1 aliphatic heterocycles. The number of carbonyl (C=O) groups excluding carboxylic acids is 2. The lowest BCUT2D eigenvalue weighted by Crippen LogP contribution is -2.28. The molecule has 2 N–H and O–H groups in total. The van der Waals surface area contributed by atoms with Gasteiger partial charge in [-0.2, -0.15) is 0 Å². The standard InChI is InChI=1S/C12H22NO5PS.C2H5NO/c1-10(2)18-19(15,20)16-9-11-5-6-12(17-11)13(3)7-4-8-14;1-3-2-4/h4,7-8,10-12H,5-6,9H2,1-3H3,(H,15,20);2H,1H3,(H,3,4)/b7-4-;. The number of amides is 1. The van der Waals surface area contributed by atoms with Crippen molar-refractivity contribution in [2.24, 2.45) is 0 Å². The Hall–Kier alpha value is -0.830. The van der Waals surface area contributed by atoms with Crippen molar-refractivity contribution in [1.29, 1.82) is 0 Å². The molecule has 1 saturated heterocycles. The number of carbonyl (C=O) groups is 2. The summed E-state index contributed by atoms with van der Waals surface area (Å²) in [5.41, 5.74) is 0. The van der Waals surface area contributed by atoms with E-state index < -0.39 is 6.72 Å². The van der Waals surface area contributed by atoms with Crippen LogP contribution in [0.4, 0.5) is 0 Å². The maximum absolute atomic E-state index is 10.3. The second-order valence-electron chi connectivity index (χ2n) is 5.26. The van der Waals surface area contributed by atoms with Crippen LogP contribution in [-0.2, 0) is 35.2 Å². The van der Waals surface area contributed by atoms with Crippen molar-refractivity contribution in [3.05, 3.63) is 12.3 Å². The average Bonchev–Trinajstić information content (AvgIpc) is 2.99. The Morgan fingerprint density at radius 3 is 2.58 bits per heavy atom. The first-order chi connectivity index (χ1) is 11.3. The van der Waals surface area contributed by atoms with Gasteiger partial charge < -0.3 is 28.9 Å². The van der Waals surface area contributed by atoms with E-state index in [0.717, 1.165) is 19.1 Å². The predicted molar refractivity (Wildman–Crippen MR) is 94.7 cm³/mol. The van der Waals surface area contributed by atoms with Gasteiger partial charge in [0.15, 0.2) is 0 Å². The van der Waals surface area contributed by atoms with Gasteiger partial charge in [-0.15, -0.1) is 0 Å². The molecular formula is C14H27N2O6PS. The summed E-state index contributed by atoms with van der Waals surface area (Å²) in [5.74, 6) is 0. The minimum absolute atomic E-state index is 0.0950. The van der Waals surface area contributed by atoms with Gasteiger partial charge in [-0.3, -0.25) is 9.59 Å². The molecule has 1 aliphatic rings. The predicted octanol–water partition coefficient (Wildman–Crippen LogP) is 1.16. The van der Waals surface area contributed by atoms with Crippen molar-refractivity contribution >= 4 is 31.2 Å². The molecule has 0 aromatic carbocycles. The Bertz CT molecular complexity index is 449. The number of hydrogen-bond acceptors (Lipinski definition) is 7. The summed E-state index contributed by atoms with van der Waals surface area (Å²) in [5, 5.41) is 2.25. The molecule has 10 heteroatoms. The van der Waals surface area contributed by atoms with Crippen LogP contribution in [0.15, 0.2) is 12.3 Å². The first kappa shape index (κ1) is 23.2. The fourth-order valence-electron chi connectivity index (χ4n) is 1.85. The van der Waals surface area contributed by atoms with Crippen molar-refractivity contribution in [3.63, 3.8) is 0 Å². The first-order valence-electron chi connectivity index (χ1n) is 7.51. The fraction of sp³-hybridized carbons (Fsp3) is 0.714. The van der Waals surface area contributed by atoms with Gasteiger partial charge in [-0.05, 0) is 44.6 Å². The summed E-state index contributed by atoms with van der Waals surface area (Å²) in [6, 6.07) is 0. The Morgan fingerprint density at radius 2 is 2.08 bits per heavy atom. The number of nitrogens with one attached hydrogen (secondary N) is 1. The Kier molecular flexibility index (Phi) is 12.1. The number of ether oxygens (including phenoxy) is 1. The topological polar surface area (TPSA) is 97.3 Å². The van der Waals surface area contributed by atoms with E-state index in [1.54, 1.807) is 27.1 Å². The zero-order chi connectivity index (χ0) is 18.6. The van der Waals surface area contributed by atoms with Gasteiger partial charge in [-0.1, -0.05) is 0 Å². The summed E-state index contributed by atoms with van der Waals surface area (Å²) in [6.45, 7) is 0.605. The SMILES string of the molecule is CC(C)OP(O)(=S)OCC1CCC(N(C)/C=C\C=O)O1.CNC=O. The van der Waals surface area contributed by atoms with Crippen LogP contribution in [0.3, 0.4) is 0 Å². The Morgan fingerprint density at radius 1 is 1.46 bits per heavy atom. The maximum atomic E-state index is 10.3. The minimum Gasteiger partial charge on any atom is -0.362 e. The van der Waals surface area contributed by atoms with Crippen LogP contribution < -0.4 is 5.32 Å². The lowest BCUT2D eigenvalue weighted by Gasteiger charge is -2.23. The molecule has 0 bridgehead atoms. The molecular weight excluding hydrogens is 355 g/mol. The molecule has 1 fully saturated rings. The number of allylic oxidation sites excluding steroid dienone is 1. The summed E-state index contributed by atoms with van der Waals surface area (Å²) >= 11 is 4.90. The van der Waals surface area contributed by atoms with Gasteiger partial charge >= 0.3 is 6.72 Å². The van der Waals surface area contributed by atoms with E-state index in [4.69, 9.17) is 30.4 Å². The van der Waals surface area contributed by atoms with Crippen molar-refractivity contribution in [2.75, 3.05) is 20.7 Å². The van der Waals surface area contributed by atoms with Gasteiger partial charge in [0, 0.05) is 20.3 Å². The molecule has 1 rings (SSSR count). The molecule has 0 aromatic heterocycles. The summed E-state index contributed by atoms with van der Waals surface area (Å²) < 4.78 is 16.2. The van der Waals surface area contributed by atoms with Crippen LogP contribution in [-0.4, -0.2) is 61.6 Å². The molecule has 24 heavy (non-hydrogen) atoms. The quantitative estimate of drug-likeness (QED) is 0.348. The third-order valence-corrected chi connectivity index (χ3v) is 4.56. The highest BCUT2D eigenvalue weighted by Crippen LogP contribution is 2.45. The van der Waals surface area contributed by atoms with E-state index in [2.05, 4.69) is 5.32 Å². The highest BCUT2D eigenvalue weighted by molar-refractivity contribution is 8.07. The van der Waals surface area contributed by atoms with Gasteiger partial charge in [0.05, 0.1) is 18.8 Å². The van der Waals surface area contributed by atoms with E-state index >= 15 is 0 Å². The van der Waals surface area contributed by atoms with Crippen LogP contribution in [0.25, 0.3) is 0 Å². The van der Waals surface area contributed by atoms with Crippen LogP contribution in [0.1, 0.15) is 26.7 Å². The lowest BCUT2D eigenvalue weighted by molar-refractivity contribution is -0.109. The Balaban J connectivity index is 0.00000118. The van der Waals surface area contributed by atoms with E-state index in [0.29, 0.717) is 6.41 Å². The summed E-state index contributed by atoms with van der Waals surface area (Å²) in [4.78, 5) is 31.0. The minimum atomic E-state index is -3.18. The second kappa shape index (κ2) is 12.5. The third-order valence-electron chi connectivity index (χ3n) is 2.82. The molecule has 8 nitrogen and oxygen atoms in total. The number of hydrogen-bond donors (Lipinski definition) is 2. The zero-order valence-electron chi connectivity index (χ0n) is 14.5. The van der Waals surface area contributed by atoms with Gasteiger partial charge in [0.2, 0.25) is 6.41 Å². The zero-order valence-corrected chi connectivity index (χ0v) is 16.2. The summed E-state index contributed by atoms with van der Waals surface area (Å²) in [6.07, 6.45) is 5.66. The van der Waals surface area contributed by atoms with E-state index in [1.807, 2.05) is 11.9 Å². The molecule has 1 amide bonds. The van der Waals surface area contributed by atoms with Gasteiger partial charge in [0.25, 0.3) is 0 Å². The third kappa shape index (κ3) is 10.9. The van der Waals surface area contributed by atoms with Crippen molar-refractivity contribution in [1.82, 2.24) is 10.2 Å². The lowest BCUT2D eigenvalue weighted by atomic mass is 10.2. The average molecular weight is 382 g/mol. The number of nitrogens with zero attached hydrogens (tertiary/aromatic N) is 1. The number of aldehydes is 1. The molecule has 0 spiro atoms. The maximum Gasteiger partial charge on any atom is 0.324 e. The molecule has 3 atom stereocenters. The Labute approximate surface area is 148 Å². The van der Waals surface area contributed by atoms with E-state index in [-0.39, 0.29) is 25.0 Å². The van der Waals surface area contributed by atoms with Crippen molar-refractivity contribution in [2.45, 2.75) is 45.1 Å². The number of rotatable bonds is 9. The highest BCUT2D eigenvalue weighted by atomic mass is 32.5. The molecule has 1 heterocycles. The van der Waals surface area contributed by atoms with Crippen LogP contribution in [0.5, 0.6) is 0 Å². The van der Waals surface area contributed by atoms with Crippen molar-refractivity contribution in [3.8, 4) is 0 Å². The smallest absolute Gasteiger partial charge is 0.324 e. The first-order valence-corrected chi connectivity index (χ1v) is 10.1. The van der Waals surface area contributed by atoms with Gasteiger partial charge in [0.1, 0.15) is 12.5 Å². The van der Waals surface area contributed by atoms with Crippen molar-refractivity contribution < 1.29 is 28.3 Å². The molecule has 0 aromatic rings. The molecule has 0 aliphatic carbocycles. The van der Waals surface area contributed by atoms with E-state index in [9.17, 15) is 9.69 Å². The molecule has 3 unspecified atom stereocenters. The van der Waals surface area contributed by atoms with E-state index in [1.165, 1.54) is 6.08 Å². The fourth-order valence-corrected chi connectivity index (χ4v) is 3.50. The summed E-state index contributed by atoms with van der Waals surface area (Å²) in [7, 11) is 3.40.